The summed E-state index contributed by atoms with van der Waals surface area (Å²) in [5.74, 6) is 0. The molecule has 2 nitrogen and oxygen atoms in total. The van der Waals surface area contributed by atoms with Crippen molar-refractivity contribution in [2.75, 3.05) is 18.0 Å². The smallest absolute Gasteiger partial charge is 0.0715 e. The van der Waals surface area contributed by atoms with E-state index >= 15 is 0 Å². The Labute approximate surface area is 92.7 Å². The lowest BCUT2D eigenvalue weighted by molar-refractivity contribution is 0.154. The highest BCUT2D eigenvalue weighted by molar-refractivity contribution is 9.10. The number of nitrogens with zero attached hydrogens (tertiary/aromatic N) is 1. The van der Waals surface area contributed by atoms with E-state index in [9.17, 15) is 5.11 Å². The maximum absolute atomic E-state index is 9.54. The van der Waals surface area contributed by atoms with E-state index in [1.807, 2.05) is 12.1 Å². The van der Waals surface area contributed by atoms with Crippen molar-refractivity contribution in [1.29, 1.82) is 0 Å². The first-order valence-corrected chi connectivity index (χ1v) is 5.73. The first-order valence-electron chi connectivity index (χ1n) is 4.94. The molecule has 1 aromatic rings. The van der Waals surface area contributed by atoms with Gasteiger partial charge >= 0.3 is 0 Å². The van der Waals surface area contributed by atoms with Crippen LogP contribution in [0.4, 0.5) is 5.69 Å². The summed E-state index contributed by atoms with van der Waals surface area (Å²) in [5, 5.41) is 9.54. The third-order valence-corrected chi connectivity index (χ3v) is 3.12. The molecule has 1 aromatic carbocycles. The van der Waals surface area contributed by atoms with Crippen LogP contribution in [0.25, 0.3) is 0 Å². The third-order valence-electron chi connectivity index (χ3n) is 2.59. The molecule has 0 aliphatic carbocycles. The Bertz CT molecular complexity index is 299. The fourth-order valence-electron chi connectivity index (χ4n) is 1.84. The van der Waals surface area contributed by atoms with Gasteiger partial charge in [0.2, 0.25) is 0 Å². The molecule has 0 radical (unpaired) electrons. The van der Waals surface area contributed by atoms with Crippen LogP contribution >= 0.6 is 15.9 Å². The van der Waals surface area contributed by atoms with Gasteiger partial charge < -0.3 is 10.0 Å². The SMILES string of the molecule is OC1CCCN(c2ccc(Br)cc2)C1. The van der Waals surface area contributed by atoms with E-state index in [4.69, 9.17) is 0 Å². The zero-order valence-corrected chi connectivity index (χ0v) is 9.57. The van der Waals surface area contributed by atoms with Gasteiger partial charge in [-0.25, -0.2) is 0 Å². The lowest BCUT2D eigenvalue weighted by Gasteiger charge is -2.31. The molecule has 1 fully saturated rings. The van der Waals surface area contributed by atoms with Crippen LogP contribution in [0.1, 0.15) is 12.8 Å². The molecule has 0 saturated carbocycles. The topological polar surface area (TPSA) is 23.5 Å². The van der Waals surface area contributed by atoms with Gasteiger partial charge in [0.25, 0.3) is 0 Å². The van der Waals surface area contributed by atoms with Gasteiger partial charge in [0.1, 0.15) is 0 Å². The fourth-order valence-corrected chi connectivity index (χ4v) is 2.11. The van der Waals surface area contributed by atoms with Crippen molar-refractivity contribution >= 4 is 21.6 Å². The summed E-state index contributed by atoms with van der Waals surface area (Å²) >= 11 is 3.41. The van der Waals surface area contributed by atoms with E-state index in [0.717, 1.165) is 30.4 Å². The number of halogens is 1. The summed E-state index contributed by atoms with van der Waals surface area (Å²) in [6.45, 7) is 1.82. The van der Waals surface area contributed by atoms with Crippen LogP contribution in [0.2, 0.25) is 0 Å². The van der Waals surface area contributed by atoms with E-state index in [0.29, 0.717) is 0 Å². The normalized spacial score (nSPS) is 22.4. The number of β-amino-alcohol motifs (C(OH)–C–C–N with tert-alkyl or cyclic N) is 1. The summed E-state index contributed by atoms with van der Waals surface area (Å²) in [6, 6.07) is 8.25. The van der Waals surface area contributed by atoms with E-state index in [-0.39, 0.29) is 6.10 Å². The minimum Gasteiger partial charge on any atom is -0.391 e. The van der Waals surface area contributed by atoms with Crippen molar-refractivity contribution in [1.82, 2.24) is 0 Å². The molecule has 2 rings (SSSR count). The number of hydrogen-bond donors (Lipinski definition) is 1. The van der Waals surface area contributed by atoms with Gasteiger partial charge in [0.15, 0.2) is 0 Å². The van der Waals surface area contributed by atoms with Gasteiger partial charge in [-0.3, -0.25) is 0 Å². The summed E-state index contributed by atoms with van der Waals surface area (Å²) in [6.07, 6.45) is 1.86. The Hall–Kier alpha value is -0.540. The molecule has 0 amide bonds. The number of benzene rings is 1. The molecule has 1 heterocycles. The molecule has 1 N–H and O–H groups in total. The van der Waals surface area contributed by atoms with Crippen molar-refractivity contribution in [3.63, 3.8) is 0 Å². The van der Waals surface area contributed by atoms with Crippen molar-refractivity contribution in [2.24, 2.45) is 0 Å². The summed E-state index contributed by atoms with van der Waals surface area (Å²) in [7, 11) is 0. The first-order chi connectivity index (χ1) is 6.75. The highest BCUT2D eigenvalue weighted by Crippen LogP contribution is 2.21. The standard InChI is InChI=1S/C11H14BrNO/c12-9-3-5-10(6-4-9)13-7-1-2-11(14)8-13/h3-6,11,14H,1-2,7-8H2. The summed E-state index contributed by atoms with van der Waals surface area (Å²) in [4.78, 5) is 2.24. The summed E-state index contributed by atoms with van der Waals surface area (Å²) in [5.41, 5.74) is 1.20. The molecule has 76 valence electrons. The molecule has 1 aliphatic rings. The molecule has 14 heavy (non-hydrogen) atoms. The quantitative estimate of drug-likeness (QED) is 0.834. The largest absolute Gasteiger partial charge is 0.391 e. The van der Waals surface area contributed by atoms with Gasteiger partial charge in [-0.1, -0.05) is 15.9 Å². The first kappa shape index (κ1) is 9.99. The van der Waals surface area contributed by atoms with Gasteiger partial charge in [0, 0.05) is 23.2 Å². The van der Waals surface area contributed by atoms with Crippen LogP contribution in [0, 0.1) is 0 Å². The highest BCUT2D eigenvalue weighted by Gasteiger charge is 2.17. The number of hydrogen-bond acceptors (Lipinski definition) is 2. The monoisotopic (exact) mass is 255 g/mol. The van der Waals surface area contributed by atoms with Crippen molar-refractivity contribution < 1.29 is 5.11 Å². The lowest BCUT2D eigenvalue weighted by atomic mass is 10.1. The molecular formula is C11H14BrNO. The molecule has 1 aliphatic heterocycles. The second-order valence-electron chi connectivity index (χ2n) is 3.72. The summed E-state index contributed by atoms with van der Waals surface area (Å²) < 4.78 is 1.10. The molecule has 0 spiro atoms. The number of rotatable bonds is 1. The average molecular weight is 256 g/mol. The van der Waals surface area contributed by atoms with Crippen LogP contribution in [-0.4, -0.2) is 24.3 Å². The van der Waals surface area contributed by atoms with Crippen LogP contribution in [-0.2, 0) is 0 Å². The molecule has 1 atom stereocenters. The predicted molar refractivity (Wildman–Crippen MR) is 61.6 cm³/mol. The maximum Gasteiger partial charge on any atom is 0.0715 e. The zero-order valence-electron chi connectivity index (χ0n) is 7.99. The average Bonchev–Trinajstić information content (AvgIpc) is 2.19. The van der Waals surface area contributed by atoms with E-state index < -0.39 is 0 Å². The van der Waals surface area contributed by atoms with Gasteiger partial charge in [0.05, 0.1) is 6.10 Å². The maximum atomic E-state index is 9.54. The van der Waals surface area contributed by atoms with Crippen molar-refractivity contribution in [3.8, 4) is 0 Å². The van der Waals surface area contributed by atoms with Crippen molar-refractivity contribution in [2.45, 2.75) is 18.9 Å². The Morgan fingerprint density at radius 2 is 2.00 bits per heavy atom. The zero-order chi connectivity index (χ0) is 9.97. The molecule has 1 unspecified atom stereocenters. The second-order valence-corrected chi connectivity index (χ2v) is 4.63. The molecular weight excluding hydrogens is 242 g/mol. The van der Waals surface area contributed by atoms with Crippen molar-refractivity contribution in [3.05, 3.63) is 28.7 Å². The Morgan fingerprint density at radius 3 is 2.64 bits per heavy atom. The Morgan fingerprint density at radius 1 is 1.29 bits per heavy atom. The van der Waals surface area contributed by atoms with E-state index in [1.54, 1.807) is 0 Å². The van der Waals surface area contributed by atoms with Crippen LogP contribution in [0.15, 0.2) is 28.7 Å². The molecule has 0 bridgehead atoms. The Balaban J connectivity index is 2.10. The molecule has 0 aromatic heterocycles. The van der Waals surface area contributed by atoms with Gasteiger partial charge in [-0.05, 0) is 37.1 Å². The Kier molecular flexibility index (Phi) is 3.08. The van der Waals surface area contributed by atoms with Gasteiger partial charge in [-0.15, -0.1) is 0 Å². The predicted octanol–water partition coefficient (Wildman–Crippen LogP) is 2.41. The van der Waals surface area contributed by atoms with Crippen LogP contribution in [0.5, 0.6) is 0 Å². The van der Waals surface area contributed by atoms with E-state index in [1.165, 1.54) is 5.69 Å². The minimum absolute atomic E-state index is 0.160. The third kappa shape index (κ3) is 2.28. The molecule has 1 saturated heterocycles. The van der Waals surface area contributed by atoms with Crippen LogP contribution < -0.4 is 4.90 Å². The number of aliphatic hydroxyl groups excluding tert-OH is 1. The van der Waals surface area contributed by atoms with Crippen LogP contribution in [0.3, 0.4) is 0 Å². The van der Waals surface area contributed by atoms with E-state index in [2.05, 4.69) is 33.0 Å². The lowest BCUT2D eigenvalue weighted by Crippen LogP contribution is -2.38. The molecule has 3 heteroatoms. The minimum atomic E-state index is -0.160. The fraction of sp³-hybridized carbons (Fsp3) is 0.455. The number of aliphatic hydroxyl groups is 1. The van der Waals surface area contributed by atoms with Gasteiger partial charge in [-0.2, -0.15) is 0 Å². The highest BCUT2D eigenvalue weighted by atomic mass is 79.9. The second kappa shape index (κ2) is 4.32. The number of anilines is 1. The number of piperidine rings is 1.